The molecule has 4 heteroatoms. The number of likely N-dealkylation sites (N-methyl/N-ethyl adjacent to an activating group) is 1. The first kappa shape index (κ1) is 13.9. The predicted octanol–water partition coefficient (Wildman–Crippen LogP) is 2.77. The molecule has 0 saturated heterocycles. The van der Waals surface area contributed by atoms with Gasteiger partial charge in [-0.05, 0) is 42.0 Å². The maximum Gasteiger partial charge on any atom is 0.226 e. The Balaban J connectivity index is 2.01. The van der Waals surface area contributed by atoms with Gasteiger partial charge in [0.15, 0.2) is 0 Å². The molecule has 0 unspecified atom stereocenters. The predicted molar refractivity (Wildman–Crippen MR) is 80.2 cm³/mol. The van der Waals surface area contributed by atoms with E-state index in [-0.39, 0.29) is 11.7 Å². The molecule has 20 heavy (non-hydrogen) atoms. The molecule has 2 rings (SSSR count). The van der Waals surface area contributed by atoms with Crippen LogP contribution < -0.4 is 5.32 Å². The van der Waals surface area contributed by atoms with Gasteiger partial charge in [0.25, 0.3) is 0 Å². The Morgan fingerprint density at radius 1 is 1.00 bits per heavy atom. The van der Waals surface area contributed by atoms with Crippen molar-refractivity contribution >= 4 is 17.3 Å². The van der Waals surface area contributed by atoms with E-state index in [1.165, 1.54) is 0 Å². The molecule has 1 amide bonds. The van der Waals surface area contributed by atoms with Crippen LogP contribution in [0.25, 0.3) is 0 Å². The Morgan fingerprint density at radius 2 is 1.50 bits per heavy atom. The SMILES string of the molecule is CN(C)C(=O)Cc1ccc(Nc2ccc(O)cc2)cc1. The lowest BCUT2D eigenvalue weighted by Crippen LogP contribution is -2.23. The lowest BCUT2D eigenvalue weighted by atomic mass is 10.1. The smallest absolute Gasteiger partial charge is 0.226 e. The highest BCUT2D eigenvalue weighted by molar-refractivity contribution is 5.78. The molecule has 0 aliphatic rings. The van der Waals surface area contributed by atoms with Crippen LogP contribution >= 0.6 is 0 Å². The second kappa shape index (κ2) is 6.10. The Bertz CT molecular complexity index is 574. The summed E-state index contributed by atoms with van der Waals surface area (Å²) < 4.78 is 0. The molecule has 2 N–H and O–H groups in total. The van der Waals surface area contributed by atoms with Crippen molar-refractivity contribution in [3.8, 4) is 5.75 Å². The van der Waals surface area contributed by atoms with Crippen LogP contribution in [0.2, 0.25) is 0 Å². The van der Waals surface area contributed by atoms with Gasteiger partial charge in [0.2, 0.25) is 5.91 Å². The number of hydrogen-bond donors (Lipinski definition) is 2. The molecule has 0 aliphatic carbocycles. The Hall–Kier alpha value is -2.49. The van der Waals surface area contributed by atoms with E-state index in [9.17, 15) is 9.90 Å². The van der Waals surface area contributed by atoms with Gasteiger partial charge >= 0.3 is 0 Å². The fourth-order valence-corrected chi connectivity index (χ4v) is 1.75. The number of carbonyl (C=O) groups excluding carboxylic acids is 1. The Labute approximate surface area is 118 Å². The van der Waals surface area contributed by atoms with Crippen LogP contribution in [0.1, 0.15) is 5.56 Å². The average Bonchev–Trinajstić information content (AvgIpc) is 2.43. The van der Waals surface area contributed by atoms with Crippen molar-refractivity contribution in [3.05, 3.63) is 54.1 Å². The molecule has 0 atom stereocenters. The number of anilines is 2. The molecule has 0 spiro atoms. The quantitative estimate of drug-likeness (QED) is 0.840. The van der Waals surface area contributed by atoms with E-state index < -0.39 is 0 Å². The van der Waals surface area contributed by atoms with Crippen LogP contribution in [0.3, 0.4) is 0 Å². The molecular weight excluding hydrogens is 252 g/mol. The molecule has 0 aliphatic heterocycles. The van der Waals surface area contributed by atoms with Crippen LogP contribution in [0, 0.1) is 0 Å². The largest absolute Gasteiger partial charge is 0.508 e. The highest BCUT2D eigenvalue weighted by Gasteiger charge is 2.05. The number of nitrogens with one attached hydrogen (secondary N) is 1. The van der Waals surface area contributed by atoms with Crippen LogP contribution in [0.15, 0.2) is 48.5 Å². The molecule has 2 aromatic rings. The van der Waals surface area contributed by atoms with Crippen LogP contribution in [0.5, 0.6) is 5.75 Å². The van der Waals surface area contributed by atoms with Crippen LogP contribution in [0.4, 0.5) is 11.4 Å². The zero-order chi connectivity index (χ0) is 14.5. The van der Waals surface area contributed by atoms with Crippen molar-refractivity contribution in [2.75, 3.05) is 19.4 Å². The number of nitrogens with zero attached hydrogens (tertiary/aromatic N) is 1. The molecule has 0 saturated carbocycles. The Morgan fingerprint density at radius 3 is 2.00 bits per heavy atom. The van der Waals surface area contributed by atoms with E-state index in [0.29, 0.717) is 6.42 Å². The van der Waals surface area contributed by atoms with E-state index in [2.05, 4.69) is 5.32 Å². The summed E-state index contributed by atoms with van der Waals surface area (Å²) in [6.07, 6.45) is 0.409. The highest BCUT2D eigenvalue weighted by Crippen LogP contribution is 2.19. The van der Waals surface area contributed by atoms with Gasteiger partial charge in [0.1, 0.15) is 5.75 Å². The van der Waals surface area contributed by atoms with Gasteiger partial charge in [-0.25, -0.2) is 0 Å². The van der Waals surface area contributed by atoms with Gasteiger partial charge in [-0.15, -0.1) is 0 Å². The van der Waals surface area contributed by atoms with E-state index in [1.807, 2.05) is 24.3 Å². The molecular formula is C16H18N2O2. The van der Waals surface area contributed by atoms with Gasteiger partial charge in [0, 0.05) is 25.5 Å². The summed E-state index contributed by atoms with van der Waals surface area (Å²) in [5.41, 5.74) is 2.83. The summed E-state index contributed by atoms with van der Waals surface area (Å²) in [4.78, 5) is 13.2. The maximum absolute atomic E-state index is 11.6. The highest BCUT2D eigenvalue weighted by atomic mass is 16.3. The number of phenols is 1. The zero-order valence-corrected chi connectivity index (χ0v) is 11.6. The molecule has 0 fully saturated rings. The number of carbonyl (C=O) groups is 1. The summed E-state index contributed by atoms with van der Waals surface area (Å²) in [7, 11) is 3.51. The standard InChI is InChI=1S/C16H18N2O2/c1-18(2)16(20)11-12-3-5-13(6-4-12)17-14-7-9-15(19)10-8-14/h3-10,17,19H,11H2,1-2H3. The van der Waals surface area contributed by atoms with Crippen molar-refractivity contribution in [3.63, 3.8) is 0 Å². The number of rotatable bonds is 4. The van der Waals surface area contributed by atoms with E-state index in [4.69, 9.17) is 0 Å². The normalized spacial score (nSPS) is 10.1. The van der Waals surface area contributed by atoms with Crippen molar-refractivity contribution in [1.82, 2.24) is 4.90 Å². The minimum absolute atomic E-state index is 0.0873. The molecule has 0 heterocycles. The molecule has 0 aromatic heterocycles. The summed E-state index contributed by atoms with van der Waals surface area (Å²) >= 11 is 0. The summed E-state index contributed by atoms with van der Waals surface area (Å²) in [5.74, 6) is 0.331. The third kappa shape index (κ3) is 3.75. The fourth-order valence-electron chi connectivity index (χ4n) is 1.75. The number of aromatic hydroxyl groups is 1. The Kier molecular flexibility index (Phi) is 4.25. The lowest BCUT2D eigenvalue weighted by Gasteiger charge is -2.11. The first-order chi connectivity index (χ1) is 9.54. The van der Waals surface area contributed by atoms with Crippen molar-refractivity contribution in [2.45, 2.75) is 6.42 Å². The number of phenolic OH excluding ortho intramolecular Hbond substituents is 1. The van der Waals surface area contributed by atoms with Gasteiger partial charge in [-0.2, -0.15) is 0 Å². The van der Waals surface area contributed by atoms with E-state index in [1.54, 1.807) is 43.3 Å². The van der Waals surface area contributed by atoms with E-state index >= 15 is 0 Å². The number of hydrogen-bond acceptors (Lipinski definition) is 3. The minimum Gasteiger partial charge on any atom is -0.508 e. The second-order valence-corrected chi connectivity index (χ2v) is 4.83. The first-order valence-corrected chi connectivity index (χ1v) is 6.40. The third-order valence-electron chi connectivity index (χ3n) is 2.96. The molecule has 0 radical (unpaired) electrons. The second-order valence-electron chi connectivity index (χ2n) is 4.83. The topological polar surface area (TPSA) is 52.6 Å². The van der Waals surface area contributed by atoms with Gasteiger partial charge in [-0.1, -0.05) is 12.1 Å². The summed E-state index contributed by atoms with van der Waals surface area (Å²) in [6.45, 7) is 0. The molecule has 4 nitrogen and oxygen atoms in total. The molecule has 2 aromatic carbocycles. The molecule has 0 bridgehead atoms. The molecule has 104 valence electrons. The average molecular weight is 270 g/mol. The third-order valence-corrected chi connectivity index (χ3v) is 2.96. The van der Waals surface area contributed by atoms with Crippen molar-refractivity contribution in [1.29, 1.82) is 0 Å². The lowest BCUT2D eigenvalue weighted by molar-refractivity contribution is -0.127. The van der Waals surface area contributed by atoms with Crippen molar-refractivity contribution in [2.24, 2.45) is 0 Å². The number of amides is 1. The first-order valence-electron chi connectivity index (χ1n) is 6.40. The summed E-state index contributed by atoms with van der Waals surface area (Å²) in [5, 5.41) is 12.5. The van der Waals surface area contributed by atoms with Gasteiger partial charge in [0.05, 0.1) is 6.42 Å². The van der Waals surface area contributed by atoms with Gasteiger partial charge < -0.3 is 15.3 Å². The maximum atomic E-state index is 11.6. The fraction of sp³-hybridized carbons (Fsp3) is 0.188. The van der Waals surface area contributed by atoms with Crippen molar-refractivity contribution < 1.29 is 9.90 Å². The minimum atomic E-state index is 0.0873. The summed E-state index contributed by atoms with van der Waals surface area (Å²) in [6, 6.07) is 14.6. The van der Waals surface area contributed by atoms with E-state index in [0.717, 1.165) is 16.9 Å². The number of benzene rings is 2. The monoisotopic (exact) mass is 270 g/mol. The van der Waals surface area contributed by atoms with Crippen LogP contribution in [-0.4, -0.2) is 30.0 Å². The van der Waals surface area contributed by atoms with Crippen LogP contribution in [-0.2, 0) is 11.2 Å². The zero-order valence-electron chi connectivity index (χ0n) is 11.6. The van der Waals surface area contributed by atoms with Gasteiger partial charge in [-0.3, -0.25) is 4.79 Å².